The van der Waals surface area contributed by atoms with Gasteiger partial charge in [-0.3, -0.25) is 4.68 Å². The van der Waals surface area contributed by atoms with Gasteiger partial charge in [0.2, 0.25) is 0 Å². The van der Waals surface area contributed by atoms with E-state index >= 15 is 0 Å². The molecule has 0 bridgehead atoms. The summed E-state index contributed by atoms with van der Waals surface area (Å²) in [6.07, 6.45) is 9.78. The van der Waals surface area contributed by atoms with E-state index in [9.17, 15) is 0 Å². The molecule has 1 aliphatic carbocycles. The standard InChI is InChI=1S/C14H25N3/c1-3-10-17-14(8-9-16-17)12-6-4-5-7-13(11-12)15-2/h8-9,12-13,15H,3-7,10-11H2,1-2H3. The molecule has 2 unspecified atom stereocenters. The smallest absolute Gasteiger partial charge is 0.0492 e. The van der Waals surface area contributed by atoms with Crippen LogP contribution >= 0.6 is 0 Å². The van der Waals surface area contributed by atoms with Crippen LogP contribution < -0.4 is 5.32 Å². The number of aromatic nitrogens is 2. The van der Waals surface area contributed by atoms with Crippen molar-refractivity contribution in [3.05, 3.63) is 18.0 Å². The highest BCUT2D eigenvalue weighted by Crippen LogP contribution is 2.31. The first-order valence-corrected chi connectivity index (χ1v) is 7.04. The summed E-state index contributed by atoms with van der Waals surface area (Å²) in [6.45, 7) is 3.28. The van der Waals surface area contributed by atoms with E-state index in [0.717, 1.165) is 13.0 Å². The van der Waals surface area contributed by atoms with Crippen molar-refractivity contribution in [3.8, 4) is 0 Å². The third kappa shape index (κ3) is 3.09. The summed E-state index contributed by atoms with van der Waals surface area (Å²) < 4.78 is 2.21. The Morgan fingerprint density at radius 3 is 3.00 bits per heavy atom. The number of rotatable bonds is 4. The van der Waals surface area contributed by atoms with E-state index in [-0.39, 0.29) is 0 Å². The molecule has 3 nitrogen and oxygen atoms in total. The first-order chi connectivity index (χ1) is 8.35. The van der Waals surface area contributed by atoms with Gasteiger partial charge in [-0.15, -0.1) is 0 Å². The first kappa shape index (κ1) is 12.6. The fraction of sp³-hybridized carbons (Fsp3) is 0.786. The van der Waals surface area contributed by atoms with Crippen molar-refractivity contribution in [2.45, 2.75) is 64.0 Å². The second-order valence-electron chi connectivity index (χ2n) is 5.18. The number of hydrogen-bond donors (Lipinski definition) is 1. The van der Waals surface area contributed by atoms with Gasteiger partial charge in [0.15, 0.2) is 0 Å². The van der Waals surface area contributed by atoms with Gasteiger partial charge >= 0.3 is 0 Å². The molecule has 2 rings (SSSR count). The Bertz CT molecular complexity index is 332. The van der Waals surface area contributed by atoms with E-state index < -0.39 is 0 Å². The number of aryl methyl sites for hydroxylation is 1. The number of hydrogen-bond acceptors (Lipinski definition) is 2. The van der Waals surface area contributed by atoms with Crippen LogP contribution in [0.4, 0.5) is 0 Å². The molecule has 96 valence electrons. The van der Waals surface area contributed by atoms with Gasteiger partial charge in [0.25, 0.3) is 0 Å². The zero-order valence-electron chi connectivity index (χ0n) is 11.2. The van der Waals surface area contributed by atoms with Crippen LogP contribution in [0.15, 0.2) is 12.3 Å². The minimum atomic E-state index is 0.687. The van der Waals surface area contributed by atoms with Crippen LogP contribution in [0.25, 0.3) is 0 Å². The van der Waals surface area contributed by atoms with Crippen molar-refractivity contribution in [3.63, 3.8) is 0 Å². The van der Waals surface area contributed by atoms with Crippen LogP contribution in [0.5, 0.6) is 0 Å². The Hall–Kier alpha value is -0.830. The molecule has 0 amide bonds. The van der Waals surface area contributed by atoms with Crippen LogP contribution in [0.3, 0.4) is 0 Å². The highest BCUT2D eigenvalue weighted by atomic mass is 15.3. The normalized spacial score (nSPS) is 25.8. The van der Waals surface area contributed by atoms with Crippen LogP contribution in [-0.4, -0.2) is 22.9 Å². The maximum atomic E-state index is 4.46. The lowest BCUT2D eigenvalue weighted by Gasteiger charge is -2.20. The molecule has 0 aromatic carbocycles. The van der Waals surface area contributed by atoms with Crippen LogP contribution in [0, 0.1) is 0 Å². The third-order valence-corrected chi connectivity index (χ3v) is 3.94. The zero-order chi connectivity index (χ0) is 12.1. The van der Waals surface area contributed by atoms with Crippen molar-refractivity contribution in [2.75, 3.05) is 7.05 Å². The maximum Gasteiger partial charge on any atom is 0.0492 e. The lowest BCUT2D eigenvalue weighted by Crippen LogP contribution is -2.26. The molecular weight excluding hydrogens is 210 g/mol. The SMILES string of the molecule is CCCn1nccc1C1CCCCC(NC)C1. The molecule has 1 N–H and O–H groups in total. The Morgan fingerprint density at radius 1 is 1.41 bits per heavy atom. The molecule has 2 atom stereocenters. The summed E-state index contributed by atoms with van der Waals surface area (Å²) in [4.78, 5) is 0. The molecule has 0 radical (unpaired) electrons. The minimum Gasteiger partial charge on any atom is -0.317 e. The topological polar surface area (TPSA) is 29.9 Å². The van der Waals surface area contributed by atoms with Gasteiger partial charge in [0.1, 0.15) is 0 Å². The fourth-order valence-corrected chi connectivity index (χ4v) is 2.98. The largest absolute Gasteiger partial charge is 0.317 e. The quantitative estimate of drug-likeness (QED) is 0.813. The van der Waals surface area contributed by atoms with E-state index in [1.807, 2.05) is 6.20 Å². The Labute approximate surface area is 105 Å². The van der Waals surface area contributed by atoms with Crippen LogP contribution in [0.2, 0.25) is 0 Å². The van der Waals surface area contributed by atoms with Gasteiger partial charge in [-0.1, -0.05) is 19.8 Å². The number of nitrogens with zero attached hydrogens (tertiary/aromatic N) is 2. The minimum absolute atomic E-state index is 0.687. The summed E-state index contributed by atoms with van der Waals surface area (Å²) >= 11 is 0. The summed E-state index contributed by atoms with van der Waals surface area (Å²) in [5.41, 5.74) is 1.45. The summed E-state index contributed by atoms with van der Waals surface area (Å²) in [5.74, 6) is 0.698. The van der Waals surface area contributed by atoms with Gasteiger partial charge < -0.3 is 5.32 Å². The van der Waals surface area contributed by atoms with E-state index in [4.69, 9.17) is 0 Å². The predicted octanol–water partition coefficient (Wildman–Crippen LogP) is 2.93. The van der Waals surface area contributed by atoms with E-state index in [2.05, 4.69) is 35.1 Å². The van der Waals surface area contributed by atoms with Crippen molar-refractivity contribution in [2.24, 2.45) is 0 Å². The summed E-state index contributed by atoms with van der Waals surface area (Å²) in [7, 11) is 2.09. The fourth-order valence-electron chi connectivity index (χ4n) is 2.98. The average molecular weight is 235 g/mol. The maximum absolute atomic E-state index is 4.46. The van der Waals surface area contributed by atoms with Crippen molar-refractivity contribution < 1.29 is 0 Å². The van der Waals surface area contributed by atoms with Crippen LogP contribution in [-0.2, 0) is 6.54 Å². The molecule has 1 saturated carbocycles. The monoisotopic (exact) mass is 235 g/mol. The van der Waals surface area contributed by atoms with Gasteiger partial charge in [-0.25, -0.2) is 0 Å². The Kier molecular flexibility index (Phi) is 4.60. The van der Waals surface area contributed by atoms with Gasteiger partial charge in [0.05, 0.1) is 0 Å². The van der Waals surface area contributed by atoms with Crippen LogP contribution in [0.1, 0.15) is 57.1 Å². The molecular formula is C14H25N3. The second kappa shape index (κ2) is 6.20. The molecule has 1 aliphatic rings. The molecule has 0 saturated heterocycles. The molecule has 17 heavy (non-hydrogen) atoms. The molecule has 0 aliphatic heterocycles. The first-order valence-electron chi connectivity index (χ1n) is 7.04. The van der Waals surface area contributed by atoms with Gasteiger partial charge in [-0.05, 0) is 38.8 Å². The molecule has 1 fully saturated rings. The molecule has 0 spiro atoms. The van der Waals surface area contributed by atoms with Crippen molar-refractivity contribution in [1.82, 2.24) is 15.1 Å². The van der Waals surface area contributed by atoms with Gasteiger partial charge in [0, 0.05) is 30.4 Å². The predicted molar refractivity (Wildman–Crippen MR) is 71.2 cm³/mol. The average Bonchev–Trinajstić information content (AvgIpc) is 2.66. The summed E-state index contributed by atoms with van der Waals surface area (Å²) in [5, 5.41) is 7.92. The van der Waals surface area contributed by atoms with E-state index in [1.54, 1.807) is 0 Å². The van der Waals surface area contributed by atoms with E-state index in [1.165, 1.54) is 37.8 Å². The highest BCUT2D eigenvalue weighted by Gasteiger charge is 2.22. The third-order valence-electron chi connectivity index (χ3n) is 3.94. The Morgan fingerprint density at radius 2 is 2.24 bits per heavy atom. The molecule has 1 aromatic heterocycles. The van der Waals surface area contributed by atoms with Crippen molar-refractivity contribution in [1.29, 1.82) is 0 Å². The lowest BCUT2D eigenvalue weighted by molar-refractivity contribution is 0.445. The number of nitrogens with one attached hydrogen (secondary N) is 1. The molecule has 3 heteroatoms. The highest BCUT2D eigenvalue weighted by molar-refractivity contribution is 5.09. The molecule has 1 heterocycles. The van der Waals surface area contributed by atoms with Crippen molar-refractivity contribution >= 4 is 0 Å². The molecule has 1 aromatic rings. The second-order valence-corrected chi connectivity index (χ2v) is 5.18. The summed E-state index contributed by atoms with van der Waals surface area (Å²) in [6, 6.07) is 2.91. The van der Waals surface area contributed by atoms with Gasteiger partial charge in [-0.2, -0.15) is 5.10 Å². The Balaban J connectivity index is 2.10. The lowest BCUT2D eigenvalue weighted by atomic mass is 9.94. The van der Waals surface area contributed by atoms with E-state index in [0.29, 0.717) is 12.0 Å². The zero-order valence-corrected chi connectivity index (χ0v) is 11.2.